The van der Waals surface area contributed by atoms with Crippen LogP contribution in [0, 0.1) is 12.7 Å². The molecular weight excluding hydrogens is 271 g/mol. The van der Waals surface area contributed by atoms with Crippen LogP contribution >= 0.6 is 0 Å². The molecule has 0 saturated carbocycles. The molecule has 0 saturated heterocycles. The van der Waals surface area contributed by atoms with Crippen LogP contribution in [0.15, 0.2) is 35.7 Å². The number of anilines is 2. The molecule has 19 heavy (non-hydrogen) atoms. The summed E-state index contributed by atoms with van der Waals surface area (Å²) in [5.74, 6) is -0.676. The summed E-state index contributed by atoms with van der Waals surface area (Å²) in [6.07, 6.45) is 3.85. The lowest BCUT2D eigenvalue weighted by Crippen LogP contribution is -2.14. The molecule has 1 aromatic carbocycles. The van der Waals surface area contributed by atoms with Crippen molar-refractivity contribution in [1.82, 2.24) is 9.97 Å². The maximum absolute atomic E-state index is 13.5. The lowest BCUT2D eigenvalue weighted by Gasteiger charge is -2.09. The Morgan fingerprint density at radius 2 is 1.89 bits per heavy atom. The number of sulfonamides is 1. The predicted octanol–water partition coefficient (Wildman–Crippen LogP) is 1.31. The molecule has 6 nitrogen and oxygen atoms in total. The quantitative estimate of drug-likeness (QED) is 0.827. The van der Waals surface area contributed by atoms with Crippen LogP contribution in [-0.4, -0.2) is 18.4 Å². The Labute approximate surface area is 109 Å². The molecule has 0 aliphatic heterocycles. The van der Waals surface area contributed by atoms with Crippen molar-refractivity contribution in [1.29, 1.82) is 0 Å². The zero-order valence-corrected chi connectivity index (χ0v) is 10.8. The molecule has 3 N–H and O–H groups in total. The van der Waals surface area contributed by atoms with Gasteiger partial charge in [0.05, 0.1) is 23.0 Å². The molecule has 0 atom stereocenters. The van der Waals surface area contributed by atoms with Crippen LogP contribution in [0.1, 0.15) is 5.56 Å². The van der Waals surface area contributed by atoms with Gasteiger partial charge in [0, 0.05) is 11.3 Å². The van der Waals surface area contributed by atoms with E-state index in [1.54, 1.807) is 0 Å². The molecule has 0 amide bonds. The van der Waals surface area contributed by atoms with Gasteiger partial charge in [-0.05, 0) is 19.1 Å². The number of nitrogens with two attached hydrogens (primary N) is 1. The fraction of sp³-hybridized carbons (Fsp3) is 0.0909. The van der Waals surface area contributed by atoms with Gasteiger partial charge in [0.1, 0.15) is 12.1 Å². The lowest BCUT2D eigenvalue weighted by molar-refractivity contribution is 0.593. The summed E-state index contributed by atoms with van der Waals surface area (Å²) in [5, 5.41) is 0. The molecule has 0 unspecified atom stereocenters. The van der Waals surface area contributed by atoms with Crippen LogP contribution in [0.2, 0.25) is 0 Å². The van der Waals surface area contributed by atoms with Crippen LogP contribution in [-0.2, 0) is 10.0 Å². The van der Waals surface area contributed by atoms with Crippen molar-refractivity contribution in [3.05, 3.63) is 42.2 Å². The second-order valence-corrected chi connectivity index (χ2v) is 5.53. The maximum atomic E-state index is 13.5. The monoisotopic (exact) mass is 282 g/mol. The SMILES string of the molecule is Cc1c(N)cc(S(=O)(=O)Nc2cncnc2)cc1F. The van der Waals surface area contributed by atoms with Gasteiger partial charge in [-0.15, -0.1) is 0 Å². The average Bonchev–Trinajstić information content (AvgIpc) is 2.36. The van der Waals surface area contributed by atoms with Gasteiger partial charge in [0.15, 0.2) is 0 Å². The number of nitrogens with one attached hydrogen (secondary N) is 1. The van der Waals surface area contributed by atoms with Crippen molar-refractivity contribution in [3.63, 3.8) is 0 Å². The minimum Gasteiger partial charge on any atom is -0.398 e. The fourth-order valence-electron chi connectivity index (χ4n) is 1.40. The van der Waals surface area contributed by atoms with E-state index in [1.807, 2.05) is 0 Å². The van der Waals surface area contributed by atoms with Crippen LogP contribution < -0.4 is 10.5 Å². The first kappa shape index (κ1) is 13.2. The Hall–Kier alpha value is -2.22. The lowest BCUT2D eigenvalue weighted by atomic mass is 10.2. The highest BCUT2D eigenvalue weighted by Crippen LogP contribution is 2.22. The van der Waals surface area contributed by atoms with E-state index in [1.165, 1.54) is 31.7 Å². The van der Waals surface area contributed by atoms with Gasteiger partial charge >= 0.3 is 0 Å². The van der Waals surface area contributed by atoms with Crippen LogP contribution in [0.3, 0.4) is 0 Å². The van der Waals surface area contributed by atoms with Gasteiger partial charge in [0.2, 0.25) is 0 Å². The first-order valence-corrected chi connectivity index (χ1v) is 6.72. The Morgan fingerprint density at radius 3 is 2.47 bits per heavy atom. The maximum Gasteiger partial charge on any atom is 0.262 e. The third-order valence-corrected chi connectivity index (χ3v) is 3.84. The van der Waals surface area contributed by atoms with E-state index >= 15 is 0 Å². The van der Waals surface area contributed by atoms with E-state index in [-0.39, 0.29) is 21.8 Å². The normalized spacial score (nSPS) is 11.3. The number of rotatable bonds is 3. The Bertz CT molecular complexity index is 681. The summed E-state index contributed by atoms with van der Waals surface area (Å²) in [6.45, 7) is 1.47. The zero-order valence-electron chi connectivity index (χ0n) is 9.96. The van der Waals surface area contributed by atoms with E-state index < -0.39 is 15.8 Å². The van der Waals surface area contributed by atoms with Crippen molar-refractivity contribution in [2.24, 2.45) is 0 Å². The van der Waals surface area contributed by atoms with Crippen molar-refractivity contribution in [2.75, 3.05) is 10.5 Å². The highest BCUT2D eigenvalue weighted by atomic mass is 32.2. The van der Waals surface area contributed by atoms with Crippen molar-refractivity contribution >= 4 is 21.4 Å². The Kier molecular flexibility index (Phi) is 3.34. The van der Waals surface area contributed by atoms with Gasteiger partial charge in [0.25, 0.3) is 10.0 Å². The van der Waals surface area contributed by atoms with Gasteiger partial charge in [-0.3, -0.25) is 4.72 Å². The topological polar surface area (TPSA) is 98.0 Å². The first-order valence-electron chi connectivity index (χ1n) is 5.23. The summed E-state index contributed by atoms with van der Waals surface area (Å²) >= 11 is 0. The number of nitrogens with zero attached hydrogens (tertiary/aromatic N) is 2. The molecule has 0 bridgehead atoms. The first-order chi connectivity index (χ1) is 8.90. The smallest absolute Gasteiger partial charge is 0.262 e. The second kappa shape index (κ2) is 4.81. The third kappa shape index (κ3) is 2.79. The molecule has 2 rings (SSSR count). The number of nitrogen functional groups attached to an aromatic ring is 1. The van der Waals surface area contributed by atoms with Crippen LogP contribution in [0.25, 0.3) is 0 Å². The number of hydrogen-bond donors (Lipinski definition) is 2. The van der Waals surface area contributed by atoms with Gasteiger partial charge in [-0.2, -0.15) is 0 Å². The minimum absolute atomic E-state index is 0.0738. The summed E-state index contributed by atoms with van der Waals surface area (Å²) in [5.41, 5.74) is 6.02. The molecule has 2 aromatic rings. The molecule has 0 spiro atoms. The van der Waals surface area contributed by atoms with Crippen molar-refractivity contribution in [3.8, 4) is 0 Å². The predicted molar refractivity (Wildman–Crippen MR) is 68.4 cm³/mol. The Morgan fingerprint density at radius 1 is 1.26 bits per heavy atom. The van der Waals surface area contributed by atoms with E-state index in [0.29, 0.717) is 0 Å². The molecule has 0 aliphatic carbocycles. The van der Waals surface area contributed by atoms with Crippen molar-refractivity contribution < 1.29 is 12.8 Å². The van der Waals surface area contributed by atoms with Gasteiger partial charge in [-0.1, -0.05) is 0 Å². The number of halogens is 1. The fourth-order valence-corrected chi connectivity index (χ4v) is 2.47. The van der Waals surface area contributed by atoms with Crippen LogP contribution in [0.5, 0.6) is 0 Å². The standard InChI is InChI=1S/C11H11FN4O2S/c1-7-10(12)2-9(3-11(7)13)19(17,18)16-8-4-14-6-15-5-8/h2-6,16H,13H2,1H3. The molecule has 8 heteroatoms. The second-order valence-electron chi connectivity index (χ2n) is 3.85. The van der Waals surface area contributed by atoms with Gasteiger partial charge in [-0.25, -0.2) is 22.8 Å². The molecule has 0 radical (unpaired) electrons. The summed E-state index contributed by atoms with van der Waals surface area (Å²) < 4.78 is 39.8. The molecule has 0 aliphatic rings. The number of hydrogen-bond acceptors (Lipinski definition) is 5. The molecule has 1 aromatic heterocycles. The highest BCUT2D eigenvalue weighted by Gasteiger charge is 2.17. The summed E-state index contributed by atoms with van der Waals surface area (Å²) in [7, 11) is -3.93. The average molecular weight is 282 g/mol. The number of aromatic nitrogens is 2. The van der Waals surface area contributed by atoms with Crippen molar-refractivity contribution in [2.45, 2.75) is 11.8 Å². The van der Waals surface area contributed by atoms with Crippen LogP contribution in [0.4, 0.5) is 15.8 Å². The summed E-state index contributed by atoms with van der Waals surface area (Å²) in [6, 6.07) is 2.11. The number of benzene rings is 1. The van der Waals surface area contributed by atoms with E-state index in [4.69, 9.17) is 5.73 Å². The molecule has 100 valence electrons. The molecule has 0 fully saturated rings. The highest BCUT2D eigenvalue weighted by molar-refractivity contribution is 7.92. The van der Waals surface area contributed by atoms with E-state index in [2.05, 4.69) is 14.7 Å². The van der Waals surface area contributed by atoms with E-state index in [0.717, 1.165) is 6.07 Å². The minimum atomic E-state index is -3.93. The Balaban J connectivity index is 2.40. The third-order valence-electron chi connectivity index (χ3n) is 2.48. The summed E-state index contributed by atoms with van der Waals surface area (Å²) in [4.78, 5) is 7.10. The largest absolute Gasteiger partial charge is 0.398 e. The molecule has 1 heterocycles. The van der Waals surface area contributed by atoms with Gasteiger partial charge < -0.3 is 5.73 Å². The van der Waals surface area contributed by atoms with E-state index in [9.17, 15) is 12.8 Å². The molecular formula is C11H11FN4O2S. The zero-order chi connectivity index (χ0) is 14.0.